The number of carboxylic acid groups (broad SMARTS) is 1. The van der Waals surface area contributed by atoms with Gasteiger partial charge in [0.1, 0.15) is 5.82 Å². The minimum atomic E-state index is -0.997. The van der Waals surface area contributed by atoms with Crippen molar-refractivity contribution >= 4 is 17.6 Å². The van der Waals surface area contributed by atoms with Crippen molar-refractivity contribution in [2.75, 3.05) is 4.90 Å². The number of nitrogens with zero attached hydrogens (tertiary/aromatic N) is 1. The number of hydrogen-bond donors (Lipinski definition) is 1. The summed E-state index contributed by atoms with van der Waals surface area (Å²) in [6.45, 7) is 1.72. The molecule has 108 valence electrons. The molecule has 0 aliphatic rings. The average molecular weight is 287 g/mol. The highest BCUT2D eigenvalue weighted by Gasteiger charge is 2.12. The van der Waals surface area contributed by atoms with Crippen LogP contribution in [-0.2, 0) is 11.3 Å². The number of benzene rings is 2. The first-order valence-corrected chi connectivity index (χ1v) is 6.33. The van der Waals surface area contributed by atoms with Crippen molar-refractivity contribution in [3.05, 3.63) is 65.5 Å². The van der Waals surface area contributed by atoms with E-state index in [1.165, 1.54) is 48.2 Å². The second-order valence-corrected chi connectivity index (χ2v) is 4.58. The molecule has 0 saturated heterocycles. The van der Waals surface area contributed by atoms with Crippen LogP contribution in [0.2, 0.25) is 0 Å². The number of aromatic carboxylic acids is 1. The van der Waals surface area contributed by atoms with Crippen LogP contribution in [0.1, 0.15) is 22.8 Å². The summed E-state index contributed by atoms with van der Waals surface area (Å²) in [5, 5.41) is 8.85. The van der Waals surface area contributed by atoms with Crippen molar-refractivity contribution in [2.45, 2.75) is 13.5 Å². The van der Waals surface area contributed by atoms with E-state index in [1.54, 1.807) is 12.1 Å². The summed E-state index contributed by atoms with van der Waals surface area (Å²) in [5.74, 6) is -1.54. The molecule has 2 aromatic rings. The van der Waals surface area contributed by atoms with Gasteiger partial charge in [-0.2, -0.15) is 0 Å². The summed E-state index contributed by atoms with van der Waals surface area (Å²) in [5.41, 5.74) is 1.57. The van der Waals surface area contributed by atoms with Crippen LogP contribution in [0.25, 0.3) is 0 Å². The molecule has 0 atom stereocenters. The number of anilines is 1. The van der Waals surface area contributed by atoms with Crippen LogP contribution in [0, 0.1) is 5.82 Å². The molecule has 0 unspecified atom stereocenters. The Morgan fingerprint density at radius 1 is 1.05 bits per heavy atom. The molecule has 1 amide bonds. The molecule has 0 aliphatic heterocycles. The Labute approximate surface area is 121 Å². The zero-order chi connectivity index (χ0) is 15.4. The maximum atomic E-state index is 12.9. The van der Waals surface area contributed by atoms with Gasteiger partial charge >= 0.3 is 5.97 Å². The fraction of sp³-hybridized carbons (Fsp3) is 0.125. The molecule has 4 nitrogen and oxygen atoms in total. The van der Waals surface area contributed by atoms with Gasteiger partial charge in [0.15, 0.2) is 0 Å². The summed E-state index contributed by atoms with van der Waals surface area (Å²) < 4.78 is 12.9. The third-order valence-corrected chi connectivity index (χ3v) is 3.06. The molecule has 21 heavy (non-hydrogen) atoms. The summed E-state index contributed by atoms with van der Waals surface area (Å²) in [6.07, 6.45) is 0. The van der Waals surface area contributed by atoms with E-state index in [9.17, 15) is 14.0 Å². The molecule has 2 rings (SSSR count). The van der Waals surface area contributed by atoms with Crippen LogP contribution >= 0.6 is 0 Å². The first kappa shape index (κ1) is 14.7. The number of carbonyl (C=O) groups is 2. The number of hydrogen-bond acceptors (Lipinski definition) is 2. The van der Waals surface area contributed by atoms with Gasteiger partial charge in [-0.1, -0.05) is 12.1 Å². The Kier molecular flexibility index (Phi) is 4.33. The lowest BCUT2D eigenvalue weighted by Gasteiger charge is -2.21. The molecule has 0 bridgehead atoms. The quantitative estimate of drug-likeness (QED) is 0.940. The van der Waals surface area contributed by atoms with E-state index in [-0.39, 0.29) is 17.3 Å². The first-order valence-electron chi connectivity index (χ1n) is 6.33. The molecule has 0 spiro atoms. The molecule has 0 saturated carbocycles. The van der Waals surface area contributed by atoms with Crippen LogP contribution in [0.4, 0.5) is 10.1 Å². The maximum Gasteiger partial charge on any atom is 0.335 e. The van der Waals surface area contributed by atoms with Crippen molar-refractivity contribution in [1.29, 1.82) is 0 Å². The second kappa shape index (κ2) is 6.17. The van der Waals surface area contributed by atoms with Crippen LogP contribution in [0.5, 0.6) is 0 Å². The van der Waals surface area contributed by atoms with Gasteiger partial charge in [-0.3, -0.25) is 4.79 Å². The fourth-order valence-electron chi connectivity index (χ4n) is 1.94. The number of carbonyl (C=O) groups excluding carboxylic acids is 1. The van der Waals surface area contributed by atoms with Gasteiger partial charge in [0.25, 0.3) is 0 Å². The van der Waals surface area contributed by atoms with Gasteiger partial charge in [-0.15, -0.1) is 0 Å². The predicted octanol–water partition coefficient (Wildman–Crippen LogP) is 3.08. The summed E-state index contributed by atoms with van der Waals surface area (Å²) >= 11 is 0. The second-order valence-electron chi connectivity index (χ2n) is 4.58. The highest BCUT2D eigenvalue weighted by Crippen LogP contribution is 2.18. The normalized spacial score (nSPS) is 10.2. The number of halogens is 1. The Bertz CT molecular complexity index is 650. The molecular weight excluding hydrogens is 273 g/mol. The highest BCUT2D eigenvalue weighted by atomic mass is 19.1. The van der Waals surface area contributed by atoms with E-state index in [0.29, 0.717) is 12.2 Å². The molecular formula is C16H14FNO3. The Hall–Kier alpha value is -2.69. The fourth-order valence-corrected chi connectivity index (χ4v) is 1.94. The molecule has 2 aromatic carbocycles. The van der Waals surface area contributed by atoms with Gasteiger partial charge in [-0.05, 0) is 42.0 Å². The van der Waals surface area contributed by atoms with E-state index >= 15 is 0 Å². The largest absolute Gasteiger partial charge is 0.478 e. The standard InChI is InChI=1S/C16H14FNO3/c1-11(19)18(15-8-6-14(17)7-9-15)10-12-2-4-13(5-3-12)16(20)21/h2-9H,10H2,1H3,(H,20,21). The average Bonchev–Trinajstić information content (AvgIpc) is 2.46. The minimum Gasteiger partial charge on any atom is -0.478 e. The van der Waals surface area contributed by atoms with Gasteiger partial charge < -0.3 is 10.0 Å². The SMILES string of the molecule is CC(=O)N(Cc1ccc(C(=O)O)cc1)c1ccc(F)cc1. The topological polar surface area (TPSA) is 57.6 Å². The van der Waals surface area contributed by atoms with E-state index in [2.05, 4.69) is 0 Å². The summed E-state index contributed by atoms with van der Waals surface area (Å²) in [7, 11) is 0. The third-order valence-electron chi connectivity index (χ3n) is 3.06. The van der Waals surface area contributed by atoms with Gasteiger partial charge in [-0.25, -0.2) is 9.18 Å². The van der Waals surface area contributed by atoms with Crippen molar-refractivity contribution in [2.24, 2.45) is 0 Å². The lowest BCUT2D eigenvalue weighted by atomic mass is 10.1. The van der Waals surface area contributed by atoms with Crippen molar-refractivity contribution in [3.63, 3.8) is 0 Å². The van der Waals surface area contributed by atoms with Crippen LogP contribution in [0.15, 0.2) is 48.5 Å². The molecule has 1 N–H and O–H groups in total. The Balaban J connectivity index is 2.22. The Morgan fingerprint density at radius 2 is 1.62 bits per heavy atom. The van der Waals surface area contributed by atoms with Crippen molar-refractivity contribution in [1.82, 2.24) is 0 Å². The zero-order valence-electron chi connectivity index (χ0n) is 11.4. The van der Waals surface area contributed by atoms with Crippen LogP contribution in [0.3, 0.4) is 0 Å². The van der Waals surface area contributed by atoms with Crippen LogP contribution in [-0.4, -0.2) is 17.0 Å². The minimum absolute atomic E-state index is 0.177. The van der Waals surface area contributed by atoms with E-state index in [0.717, 1.165) is 5.56 Å². The molecule has 0 fully saturated rings. The first-order chi connectivity index (χ1) is 9.97. The van der Waals surface area contributed by atoms with Crippen molar-refractivity contribution in [3.8, 4) is 0 Å². The highest BCUT2D eigenvalue weighted by molar-refractivity contribution is 5.91. The number of rotatable bonds is 4. The molecule has 0 heterocycles. The molecule has 0 aliphatic carbocycles. The maximum absolute atomic E-state index is 12.9. The number of carboxylic acids is 1. The zero-order valence-corrected chi connectivity index (χ0v) is 11.4. The number of amides is 1. The summed E-state index contributed by atoms with van der Waals surface area (Å²) in [6, 6.07) is 11.9. The Morgan fingerprint density at radius 3 is 2.10 bits per heavy atom. The summed E-state index contributed by atoms with van der Waals surface area (Å²) in [4.78, 5) is 24.0. The monoisotopic (exact) mass is 287 g/mol. The molecule has 0 aromatic heterocycles. The smallest absolute Gasteiger partial charge is 0.335 e. The van der Waals surface area contributed by atoms with E-state index in [1.807, 2.05) is 0 Å². The lowest BCUT2D eigenvalue weighted by Crippen LogP contribution is -2.27. The van der Waals surface area contributed by atoms with Gasteiger partial charge in [0.05, 0.1) is 12.1 Å². The van der Waals surface area contributed by atoms with E-state index in [4.69, 9.17) is 5.11 Å². The molecule has 5 heteroatoms. The van der Waals surface area contributed by atoms with Gasteiger partial charge in [0.2, 0.25) is 5.91 Å². The molecule has 0 radical (unpaired) electrons. The predicted molar refractivity (Wildman–Crippen MR) is 76.7 cm³/mol. The van der Waals surface area contributed by atoms with Gasteiger partial charge in [0, 0.05) is 12.6 Å². The van der Waals surface area contributed by atoms with Crippen LogP contribution < -0.4 is 4.90 Å². The third kappa shape index (κ3) is 3.66. The van der Waals surface area contributed by atoms with E-state index < -0.39 is 5.97 Å². The lowest BCUT2D eigenvalue weighted by molar-refractivity contribution is -0.116. The van der Waals surface area contributed by atoms with Crippen molar-refractivity contribution < 1.29 is 19.1 Å².